The molecule has 0 saturated carbocycles. The second-order valence-corrected chi connectivity index (χ2v) is 5.81. The van der Waals surface area contributed by atoms with Crippen molar-refractivity contribution in [2.75, 3.05) is 6.54 Å². The third-order valence-electron chi connectivity index (χ3n) is 3.86. The molecule has 0 fully saturated rings. The standard InChI is InChI=1S/C20H21N3O2/c1-2-14-21-18(24)12-13-19-22-20(23-25-19)17-10-8-16(9-11-17)15-6-4-3-5-7-15/h3-11H,2,12-14H2,1H3,(H,21,24). The van der Waals surface area contributed by atoms with Gasteiger partial charge in [0.05, 0.1) is 0 Å². The van der Waals surface area contributed by atoms with Gasteiger partial charge < -0.3 is 9.84 Å². The number of benzene rings is 2. The van der Waals surface area contributed by atoms with Crippen molar-refractivity contribution in [3.05, 3.63) is 60.5 Å². The Labute approximate surface area is 147 Å². The smallest absolute Gasteiger partial charge is 0.227 e. The molecule has 128 valence electrons. The molecule has 0 bridgehead atoms. The highest BCUT2D eigenvalue weighted by Gasteiger charge is 2.10. The lowest BCUT2D eigenvalue weighted by molar-refractivity contribution is -0.121. The van der Waals surface area contributed by atoms with Crippen LogP contribution in [0.5, 0.6) is 0 Å². The maximum atomic E-state index is 11.6. The predicted molar refractivity (Wildman–Crippen MR) is 96.8 cm³/mol. The lowest BCUT2D eigenvalue weighted by Gasteiger charge is -2.02. The highest BCUT2D eigenvalue weighted by atomic mass is 16.5. The van der Waals surface area contributed by atoms with Crippen LogP contribution in [0.15, 0.2) is 59.1 Å². The van der Waals surface area contributed by atoms with Crippen molar-refractivity contribution in [2.45, 2.75) is 26.2 Å². The van der Waals surface area contributed by atoms with Gasteiger partial charge in [-0.2, -0.15) is 4.98 Å². The van der Waals surface area contributed by atoms with Gasteiger partial charge in [0.1, 0.15) is 0 Å². The van der Waals surface area contributed by atoms with Crippen LogP contribution in [0.3, 0.4) is 0 Å². The van der Waals surface area contributed by atoms with Crippen LogP contribution < -0.4 is 5.32 Å². The van der Waals surface area contributed by atoms with Crippen LogP contribution in [0.1, 0.15) is 25.7 Å². The summed E-state index contributed by atoms with van der Waals surface area (Å²) in [4.78, 5) is 16.0. The minimum atomic E-state index is 0.00816. The molecule has 0 radical (unpaired) electrons. The van der Waals surface area contributed by atoms with E-state index >= 15 is 0 Å². The molecular formula is C20H21N3O2. The molecule has 0 atom stereocenters. The van der Waals surface area contributed by atoms with Gasteiger partial charge in [-0.3, -0.25) is 4.79 Å². The highest BCUT2D eigenvalue weighted by molar-refractivity contribution is 5.76. The van der Waals surface area contributed by atoms with Gasteiger partial charge in [0.25, 0.3) is 0 Å². The number of carbonyl (C=O) groups excluding carboxylic acids is 1. The molecule has 0 aliphatic carbocycles. The van der Waals surface area contributed by atoms with Crippen LogP contribution in [0.25, 0.3) is 22.5 Å². The van der Waals surface area contributed by atoms with Gasteiger partial charge in [-0.1, -0.05) is 66.7 Å². The first-order valence-corrected chi connectivity index (χ1v) is 8.51. The molecular weight excluding hydrogens is 314 g/mol. The van der Waals surface area contributed by atoms with E-state index in [1.54, 1.807) is 0 Å². The molecule has 2 aromatic carbocycles. The largest absolute Gasteiger partial charge is 0.356 e. The molecule has 0 unspecified atom stereocenters. The summed E-state index contributed by atoms with van der Waals surface area (Å²) in [6, 6.07) is 18.2. The summed E-state index contributed by atoms with van der Waals surface area (Å²) in [5, 5.41) is 6.85. The van der Waals surface area contributed by atoms with Crippen molar-refractivity contribution >= 4 is 5.91 Å². The zero-order valence-electron chi connectivity index (χ0n) is 14.2. The summed E-state index contributed by atoms with van der Waals surface area (Å²) in [7, 11) is 0. The Morgan fingerprint density at radius 3 is 2.40 bits per heavy atom. The Morgan fingerprint density at radius 2 is 1.68 bits per heavy atom. The molecule has 0 aliphatic heterocycles. The highest BCUT2D eigenvalue weighted by Crippen LogP contribution is 2.23. The van der Waals surface area contributed by atoms with E-state index in [1.165, 1.54) is 5.56 Å². The monoisotopic (exact) mass is 335 g/mol. The van der Waals surface area contributed by atoms with Crippen LogP contribution >= 0.6 is 0 Å². The summed E-state index contributed by atoms with van der Waals surface area (Å²) in [5.74, 6) is 1.03. The Bertz CT molecular complexity index is 810. The SMILES string of the molecule is CCCNC(=O)CCc1nc(-c2ccc(-c3ccccc3)cc2)no1. The van der Waals surface area contributed by atoms with Gasteiger partial charge >= 0.3 is 0 Å². The third-order valence-corrected chi connectivity index (χ3v) is 3.86. The van der Waals surface area contributed by atoms with E-state index in [-0.39, 0.29) is 5.91 Å². The van der Waals surface area contributed by atoms with Crippen LogP contribution in [0, 0.1) is 0 Å². The van der Waals surface area contributed by atoms with Gasteiger partial charge in [0.2, 0.25) is 17.6 Å². The number of amides is 1. The molecule has 0 aliphatic rings. The van der Waals surface area contributed by atoms with Crippen molar-refractivity contribution in [2.24, 2.45) is 0 Å². The van der Waals surface area contributed by atoms with Crippen molar-refractivity contribution < 1.29 is 9.32 Å². The molecule has 3 aromatic rings. The van der Waals surface area contributed by atoms with E-state index in [1.807, 2.05) is 49.4 Å². The molecule has 1 heterocycles. The number of nitrogens with zero attached hydrogens (tertiary/aromatic N) is 2. The molecule has 1 amide bonds. The first-order valence-electron chi connectivity index (χ1n) is 8.51. The first kappa shape index (κ1) is 16.9. The van der Waals surface area contributed by atoms with E-state index in [0.717, 1.165) is 17.5 Å². The van der Waals surface area contributed by atoms with Gasteiger partial charge in [0.15, 0.2) is 0 Å². The summed E-state index contributed by atoms with van der Waals surface area (Å²) in [6.07, 6.45) is 1.73. The Balaban J connectivity index is 1.63. The lowest BCUT2D eigenvalue weighted by Crippen LogP contribution is -2.24. The fourth-order valence-electron chi connectivity index (χ4n) is 2.49. The topological polar surface area (TPSA) is 68.0 Å². The molecule has 1 N–H and O–H groups in total. The number of aryl methyl sites for hydroxylation is 1. The molecule has 0 spiro atoms. The third kappa shape index (κ3) is 4.53. The average Bonchev–Trinajstić information content (AvgIpc) is 3.14. The lowest BCUT2D eigenvalue weighted by atomic mass is 10.0. The van der Waals surface area contributed by atoms with Crippen LogP contribution in [0.2, 0.25) is 0 Å². The molecule has 0 saturated heterocycles. The van der Waals surface area contributed by atoms with Gasteiger partial charge in [-0.15, -0.1) is 0 Å². The fourth-order valence-corrected chi connectivity index (χ4v) is 2.49. The zero-order chi connectivity index (χ0) is 17.5. The molecule has 25 heavy (non-hydrogen) atoms. The van der Waals surface area contributed by atoms with E-state index in [9.17, 15) is 4.79 Å². The van der Waals surface area contributed by atoms with Crippen molar-refractivity contribution in [3.8, 4) is 22.5 Å². The van der Waals surface area contributed by atoms with Crippen LogP contribution in [0.4, 0.5) is 0 Å². The van der Waals surface area contributed by atoms with Gasteiger partial charge in [0, 0.05) is 24.9 Å². The predicted octanol–water partition coefficient (Wildman–Crippen LogP) is 3.86. The van der Waals surface area contributed by atoms with Crippen LogP contribution in [-0.2, 0) is 11.2 Å². The number of nitrogens with one attached hydrogen (secondary N) is 1. The van der Waals surface area contributed by atoms with Gasteiger partial charge in [-0.25, -0.2) is 0 Å². The Hall–Kier alpha value is -2.95. The maximum Gasteiger partial charge on any atom is 0.227 e. The number of rotatable bonds is 7. The number of hydrogen-bond donors (Lipinski definition) is 1. The van der Waals surface area contributed by atoms with Gasteiger partial charge in [-0.05, 0) is 17.5 Å². The Morgan fingerprint density at radius 1 is 1.00 bits per heavy atom. The number of aromatic nitrogens is 2. The molecule has 1 aromatic heterocycles. The quantitative estimate of drug-likeness (QED) is 0.712. The van der Waals surface area contributed by atoms with E-state index in [4.69, 9.17) is 4.52 Å². The van der Waals surface area contributed by atoms with Crippen molar-refractivity contribution in [1.29, 1.82) is 0 Å². The summed E-state index contributed by atoms with van der Waals surface area (Å²) < 4.78 is 5.25. The Kier molecular flexibility index (Phi) is 5.57. The second kappa shape index (κ2) is 8.24. The van der Waals surface area contributed by atoms with E-state index in [0.29, 0.717) is 31.1 Å². The first-order chi connectivity index (χ1) is 12.3. The molecule has 3 rings (SSSR count). The van der Waals surface area contributed by atoms with Crippen LogP contribution in [-0.4, -0.2) is 22.6 Å². The normalized spacial score (nSPS) is 10.6. The van der Waals surface area contributed by atoms with E-state index < -0.39 is 0 Å². The second-order valence-electron chi connectivity index (χ2n) is 5.81. The zero-order valence-corrected chi connectivity index (χ0v) is 14.2. The minimum Gasteiger partial charge on any atom is -0.356 e. The number of hydrogen-bond acceptors (Lipinski definition) is 4. The minimum absolute atomic E-state index is 0.00816. The fraction of sp³-hybridized carbons (Fsp3) is 0.250. The van der Waals surface area contributed by atoms with Crippen molar-refractivity contribution in [3.63, 3.8) is 0 Å². The summed E-state index contributed by atoms with van der Waals surface area (Å²) in [5.41, 5.74) is 3.20. The molecule has 5 heteroatoms. The average molecular weight is 335 g/mol. The summed E-state index contributed by atoms with van der Waals surface area (Å²) in [6.45, 7) is 2.72. The molecule has 5 nitrogen and oxygen atoms in total. The summed E-state index contributed by atoms with van der Waals surface area (Å²) >= 11 is 0. The van der Waals surface area contributed by atoms with E-state index in [2.05, 4.69) is 27.6 Å². The number of carbonyl (C=O) groups is 1. The maximum absolute atomic E-state index is 11.6. The van der Waals surface area contributed by atoms with Crippen molar-refractivity contribution in [1.82, 2.24) is 15.5 Å².